The van der Waals surface area contributed by atoms with E-state index >= 15 is 0 Å². The number of hydroxylamine groups is 2. The van der Waals surface area contributed by atoms with Crippen molar-refractivity contribution in [3.63, 3.8) is 0 Å². The lowest BCUT2D eigenvalue weighted by molar-refractivity contribution is -0.210. The third-order valence-electron chi connectivity index (χ3n) is 3.86. The zero-order valence-electron chi connectivity index (χ0n) is 10.5. The SMILES string of the molecule is CC(C)[C@]1(C)N(C)C(=O)[C@@H](c2cccs2)N1O. The molecule has 2 heterocycles. The van der Waals surface area contributed by atoms with Crippen molar-refractivity contribution >= 4 is 17.2 Å². The second-order valence-electron chi connectivity index (χ2n) is 4.91. The van der Waals surface area contributed by atoms with Crippen molar-refractivity contribution in [3.05, 3.63) is 22.4 Å². The van der Waals surface area contributed by atoms with Crippen LogP contribution in [0.4, 0.5) is 0 Å². The van der Waals surface area contributed by atoms with Crippen LogP contribution < -0.4 is 0 Å². The van der Waals surface area contributed by atoms with E-state index in [0.717, 1.165) is 4.88 Å². The highest BCUT2D eigenvalue weighted by atomic mass is 32.1. The lowest BCUT2D eigenvalue weighted by atomic mass is 9.97. The minimum absolute atomic E-state index is 0.0499. The van der Waals surface area contributed by atoms with Crippen molar-refractivity contribution in [3.8, 4) is 0 Å². The summed E-state index contributed by atoms with van der Waals surface area (Å²) in [6.45, 7) is 5.90. The fraction of sp³-hybridized carbons (Fsp3) is 0.583. The fourth-order valence-electron chi connectivity index (χ4n) is 2.27. The number of nitrogens with zero attached hydrogens (tertiary/aromatic N) is 2. The molecule has 0 radical (unpaired) electrons. The smallest absolute Gasteiger partial charge is 0.249 e. The largest absolute Gasteiger partial charge is 0.323 e. The predicted octanol–water partition coefficient (Wildman–Crippen LogP) is 2.32. The van der Waals surface area contributed by atoms with E-state index < -0.39 is 11.7 Å². The van der Waals surface area contributed by atoms with Crippen LogP contribution in [0.1, 0.15) is 31.7 Å². The Balaban J connectivity index is 2.43. The first-order chi connectivity index (χ1) is 7.90. The first-order valence-corrected chi connectivity index (χ1v) is 6.58. The first-order valence-electron chi connectivity index (χ1n) is 5.70. The van der Waals surface area contributed by atoms with Crippen LogP contribution in [0.3, 0.4) is 0 Å². The fourth-order valence-corrected chi connectivity index (χ4v) is 3.07. The van der Waals surface area contributed by atoms with E-state index in [1.807, 2.05) is 38.3 Å². The Bertz CT molecular complexity index is 418. The van der Waals surface area contributed by atoms with Crippen LogP contribution in [0.5, 0.6) is 0 Å². The summed E-state index contributed by atoms with van der Waals surface area (Å²) in [5.74, 6) is 0.0950. The van der Waals surface area contributed by atoms with Gasteiger partial charge in [-0.15, -0.1) is 16.4 Å². The van der Waals surface area contributed by atoms with Gasteiger partial charge in [-0.05, 0) is 24.3 Å². The summed E-state index contributed by atoms with van der Waals surface area (Å²) < 4.78 is 0. The normalized spacial score (nSPS) is 30.6. The highest BCUT2D eigenvalue weighted by Gasteiger charge is 2.54. The third kappa shape index (κ3) is 1.61. The molecule has 2 rings (SSSR count). The Morgan fingerprint density at radius 3 is 2.59 bits per heavy atom. The van der Waals surface area contributed by atoms with Crippen LogP contribution in [0.25, 0.3) is 0 Å². The molecular formula is C12H18N2O2S. The van der Waals surface area contributed by atoms with Gasteiger partial charge in [0.1, 0.15) is 5.66 Å². The van der Waals surface area contributed by atoms with Crippen LogP contribution in [-0.4, -0.2) is 33.8 Å². The van der Waals surface area contributed by atoms with E-state index in [0.29, 0.717) is 0 Å². The Labute approximate surface area is 105 Å². The molecule has 0 spiro atoms. The second kappa shape index (κ2) is 4.08. The molecule has 1 aromatic heterocycles. The van der Waals surface area contributed by atoms with Gasteiger partial charge in [0.25, 0.3) is 0 Å². The number of thiophene rings is 1. The second-order valence-corrected chi connectivity index (χ2v) is 5.89. The average molecular weight is 254 g/mol. The highest BCUT2D eigenvalue weighted by molar-refractivity contribution is 7.10. The van der Waals surface area contributed by atoms with Gasteiger partial charge in [-0.1, -0.05) is 19.9 Å². The lowest BCUT2D eigenvalue weighted by Crippen LogP contribution is -2.52. The number of hydrogen-bond acceptors (Lipinski definition) is 4. The molecule has 4 nitrogen and oxygen atoms in total. The van der Waals surface area contributed by atoms with Gasteiger partial charge < -0.3 is 10.1 Å². The lowest BCUT2D eigenvalue weighted by Gasteiger charge is -2.39. The Kier molecular flexibility index (Phi) is 3.01. The summed E-state index contributed by atoms with van der Waals surface area (Å²) in [4.78, 5) is 14.8. The van der Waals surface area contributed by atoms with E-state index in [-0.39, 0.29) is 11.8 Å². The molecule has 0 aliphatic carbocycles. The van der Waals surface area contributed by atoms with Crippen LogP contribution >= 0.6 is 11.3 Å². The van der Waals surface area contributed by atoms with Gasteiger partial charge >= 0.3 is 0 Å². The third-order valence-corrected chi connectivity index (χ3v) is 4.78. The number of hydrogen-bond donors (Lipinski definition) is 1. The number of likely N-dealkylation sites (N-methyl/N-ethyl adjacent to an activating group) is 1. The maximum Gasteiger partial charge on any atom is 0.249 e. The van der Waals surface area contributed by atoms with Crippen molar-refractivity contribution in [2.24, 2.45) is 5.92 Å². The molecule has 2 atom stereocenters. The van der Waals surface area contributed by atoms with Gasteiger partial charge in [0, 0.05) is 11.9 Å². The molecule has 1 saturated heterocycles. The summed E-state index contributed by atoms with van der Waals surface area (Å²) in [5.41, 5.74) is -0.647. The molecular weight excluding hydrogens is 236 g/mol. The van der Waals surface area contributed by atoms with E-state index in [1.54, 1.807) is 11.9 Å². The molecule has 5 heteroatoms. The zero-order chi connectivity index (χ0) is 12.8. The van der Waals surface area contributed by atoms with E-state index in [4.69, 9.17) is 0 Å². The summed E-state index contributed by atoms with van der Waals surface area (Å²) >= 11 is 1.49. The summed E-state index contributed by atoms with van der Waals surface area (Å²) in [6.07, 6.45) is 0. The molecule has 1 N–H and O–H groups in total. The van der Waals surface area contributed by atoms with E-state index in [2.05, 4.69) is 0 Å². The van der Waals surface area contributed by atoms with Gasteiger partial charge in [0.15, 0.2) is 6.04 Å². The topological polar surface area (TPSA) is 43.8 Å². The van der Waals surface area contributed by atoms with Crippen molar-refractivity contribution < 1.29 is 10.0 Å². The summed E-state index contributed by atoms with van der Waals surface area (Å²) in [7, 11) is 1.75. The summed E-state index contributed by atoms with van der Waals surface area (Å²) in [6, 6.07) is 3.22. The molecule has 0 aromatic carbocycles. The van der Waals surface area contributed by atoms with Crippen molar-refractivity contribution in [1.29, 1.82) is 0 Å². The summed E-state index contributed by atoms with van der Waals surface area (Å²) in [5, 5.41) is 13.5. The van der Waals surface area contributed by atoms with Crippen LogP contribution in [0, 0.1) is 5.92 Å². The number of carbonyl (C=O) groups excluding carboxylic acids is 1. The molecule has 1 fully saturated rings. The molecule has 1 aliphatic rings. The maximum atomic E-state index is 12.3. The molecule has 94 valence electrons. The average Bonchev–Trinajstić information content (AvgIpc) is 2.84. The Morgan fingerprint density at radius 1 is 1.53 bits per heavy atom. The van der Waals surface area contributed by atoms with Gasteiger partial charge in [-0.2, -0.15) is 0 Å². The zero-order valence-corrected chi connectivity index (χ0v) is 11.4. The quantitative estimate of drug-likeness (QED) is 0.881. The van der Waals surface area contributed by atoms with Crippen LogP contribution in [0.15, 0.2) is 17.5 Å². The van der Waals surface area contributed by atoms with Gasteiger partial charge in [0.2, 0.25) is 5.91 Å². The van der Waals surface area contributed by atoms with Crippen molar-refractivity contribution in [2.75, 3.05) is 7.05 Å². The van der Waals surface area contributed by atoms with Crippen molar-refractivity contribution in [1.82, 2.24) is 9.96 Å². The van der Waals surface area contributed by atoms with Gasteiger partial charge in [-0.3, -0.25) is 4.79 Å². The monoisotopic (exact) mass is 254 g/mol. The molecule has 0 bridgehead atoms. The first kappa shape index (κ1) is 12.5. The molecule has 0 saturated carbocycles. The molecule has 1 amide bonds. The number of rotatable bonds is 2. The predicted molar refractivity (Wildman–Crippen MR) is 66.7 cm³/mol. The standard InChI is InChI=1S/C12H18N2O2S/c1-8(2)12(3)13(4)11(15)10(14(12)16)9-6-5-7-17-9/h5-8,10,16H,1-4H3/t10-,12-/m1/s1. The molecule has 0 unspecified atom stereocenters. The Hall–Kier alpha value is -0.910. The number of amides is 1. The van der Waals surface area contributed by atoms with Crippen molar-refractivity contribution in [2.45, 2.75) is 32.5 Å². The molecule has 1 aromatic rings. The molecule has 17 heavy (non-hydrogen) atoms. The van der Waals surface area contributed by atoms with Crippen LogP contribution in [-0.2, 0) is 4.79 Å². The van der Waals surface area contributed by atoms with Crippen LogP contribution in [0.2, 0.25) is 0 Å². The van der Waals surface area contributed by atoms with E-state index in [9.17, 15) is 10.0 Å². The minimum atomic E-state index is -0.647. The number of carbonyl (C=O) groups is 1. The highest BCUT2D eigenvalue weighted by Crippen LogP contribution is 2.42. The maximum absolute atomic E-state index is 12.3. The Morgan fingerprint density at radius 2 is 2.18 bits per heavy atom. The minimum Gasteiger partial charge on any atom is -0.323 e. The van der Waals surface area contributed by atoms with Gasteiger partial charge in [0.05, 0.1) is 0 Å². The molecule has 1 aliphatic heterocycles. The van der Waals surface area contributed by atoms with Gasteiger partial charge in [-0.25, -0.2) is 0 Å². The van der Waals surface area contributed by atoms with E-state index in [1.165, 1.54) is 16.4 Å².